The number of nitrogens with zero attached hydrogens (tertiary/aromatic N) is 5. The number of amides is 1. The Labute approximate surface area is 346 Å². The molecule has 5 aromatic rings. The molecule has 58 heavy (non-hydrogen) atoms. The first kappa shape index (κ1) is 42.2. The van der Waals surface area contributed by atoms with E-state index in [0.29, 0.717) is 12.2 Å². The van der Waals surface area contributed by atoms with E-state index in [2.05, 4.69) is 73.3 Å². The maximum absolute atomic E-state index is 13.4. The molecule has 2 N–H and O–H groups in total. The van der Waals surface area contributed by atoms with E-state index in [4.69, 9.17) is 0 Å². The Balaban J connectivity index is 1.05. The molecule has 1 aliphatic rings. The highest BCUT2D eigenvalue weighted by Gasteiger charge is 2.26. The second-order valence-electron chi connectivity index (χ2n) is 14.8. The fourth-order valence-electron chi connectivity index (χ4n) is 6.84. The van der Waals surface area contributed by atoms with Crippen LogP contribution in [0, 0.1) is 10.1 Å². The lowest BCUT2D eigenvalue weighted by Gasteiger charge is -2.36. The predicted molar refractivity (Wildman–Crippen MR) is 236 cm³/mol. The Morgan fingerprint density at radius 2 is 1.52 bits per heavy atom. The van der Waals surface area contributed by atoms with Crippen molar-refractivity contribution >= 4 is 50.4 Å². The SMILES string of the molecule is CN(C)CC[C@H](CSc1ccccc1)Nc1ccc(S(=O)(=O)NC(=O)c2ccc(N3CCN(Cc4ccccc4-c4ccc(N(C)C)cc4)CC3)cc2)cc1[N+](=O)[O-]. The van der Waals surface area contributed by atoms with Crippen molar-refractivity contribution in [2.75, 3.05) is 81.8 Å². The van der Waals surface area contributed by atoms with Crippen LogP contribution in [-0.2, 0) is 16.6 Å². The van der Waals surface area contributed by atoms with Gasteiger partial charge in [-0.15, -0.1) is 11.8 Å². The lowest BCUT2D eigenvalue weighted by Crippen LogP contribution is -2.46. The van der Waals surface area contributed by atoms with Gasteiger partial charge in [-0.3, -0.25) is 19.8 Å². The minimum atomic E-state index is -4.43. The van der Waals surface area contributed by atoms with Crippen molar-refractivity contribution in [2.45, 2.75) is 28.8 Å². The summed E-state index contributed by atoms with van der Waals surface area (Å²) in [6.45, 7) is 4.90. The normalized spacial score (nSPS) is 13.9. The van der Waals surface area contributed by atoms with Crippen molar-refractivity contribution in [3.05, 3.63) is 143 Å². The van der Waals surface area contributed by atoms with E-state index in [1.807, 2.05) is 75.6 Å². The molecule has 0 radical (unpaired) electrons. The van der Waals surface area contributed by atoms with E-state index in [-0.39, 0.29) is 22.2 Å². The van der Waals surface area contributed by atoms with Crippen molar-refractivity contribution in [1.82, 2.24) is 14.5 Å². The first-order valence-corrected chi connectivity index (χ1v) is 21.7. The van der Waals surface area contributed by atoms with E-state index in [1.54, 1.807) is 23.9 Å². The van der Waals surface area contributed by atoms with Gasteiger partial charge >= 0.3 is 0 Å². The number of carbonyl (C=O) groups is 1. The van der Waals surface area contributed by atoms with Crippen LogP contribution < -0.4 is 19.8 Å². The number of hydrogen-bond donors (Lipinski definition) is 2. The van der Waals surface area contributed by atoms with Crippen LogP contribution in [0.15, 0.2) is 131 Å². The zero-order valence-corrected chi connectivity index (χ0v) is 35.0. The molecule has 14 heteroatoms. The standard InChI is InChI=1S/C44H51N7O5S2/c1-47(2)25-24-36(32-57-39-11-6-5-7-12-39)45-42-23-22-40(30-43(42)51(53)54)58(55,56)46-44(52)34-16-20-38(21-17-34)50-28-26-49(27-29-50)31-35-10-8-9-13-41(35)33-14-18-37(19-15-33)48(3)4/h5-23,30,36,45H,24-29,31-32H2,1-4H3,(H,46,52)/t36-/m1/s1. The van der Waals surface area contributed by atoms with Crippen molar-refractivity contribution in [3.8, 4) is 11.1 Å². The number of sulfonamides is 1. The van der Waals surface area contributed by atoms with Gasteiger partial charge in [0.15, 0.2) is 0 Å². The fourth-order valence-corrected chi connectivity index (χ4v) is 8.83. The van der Waals surface area contributed by atoms with E-state index < -0.39 is 26.5 Å². The predicted octanol–water partition coefficient (Wildman–Crippen LogP) is 7.29. The zero-order valence-electron chi connectivity index (χ0n) is 33.4. The summed E-state index contributed by atoms with van der Waals surface area (Å²) >= 11 is 1.64. The molecule has 12 nitrogen and oxygen atoms in total. The second kappa shape index (κ2) is 19.4. The molecule has 1 heterocycles. The van der Waals surface area contributed by atoms with Gasteiger partial charge in [-0.2, -0.15) is 0 Å². The number of piperazine rings is 1. The Kier molecular flexibility index (Phi) is 14.1. The summed E-state index contributed by atoms with van der Waals surface area (Å²) in [5.41, 5.74) is 5.77. The van der Waals surface area contributed by atoms with Gasteiger partial charge in [-0.05, 0) is 104 Å². The van der Waals surface area contributed by atoms with Crippen LogP contribution in [0.4, 0.5) is 22.7 Å². The van der Waals surface area contributed by atoms with Gasteiger partial charge in [-0.25, -0.2) is 13.1 Å². The molecule has 0 saturated carbocycles. The number of carbonyl (C=O) groups excluding carboxylic acids is 1. The van der Waals surface area contributed by atoms with E-state index in [9.17, 15) is 23.3 Å². The molecule has 1 saturated heterocycles. The Morgan fingerprint density at radius 1 is 0.845 bits per heavy atom. The molecular formula is C44H51N7O5S2. The average Bonchev–Trinajstić information content (AvgIpc) is 3.22. The van der Waals surface area contributed by atoms with Crippen molar-refractivity contribution in [2.24, 2.45) is 0 Å². The summed E-state index contributed by atoms with van der Waals surface area (Å²) in [4.78, 5) is 34.3. The van der Waals surface area contributed by atoms with Crippen molar-refractivity contribution < 1.29 is 18.1 Å². The highest BCUT2D eigenvalue weighted by Crippen LogP contribution is 2.31. The molecule has 1 amide bonds. The molecule has 5 aromatic carbocycles. The third kappa shape index (κ3) is 11.2. The number of rotatable bonds is 17. The van der Waals surface area contributed by atoms with Crippen LogP contribution in [-0.4, -0.2) is 102 Å². The monoisotopic (exact) mass is 821 g/mol. The van der Waals surface area contributed by atoms with Gasteiger partial charge in [0.25, 0.3) is 21.6 Å². The van der Waals surface area contributed by atoms with E-state index in [1.165, 1.54) is 28.8 Å². The number of anilines is 3. The van der Waals surface area contributed by atoms with Gasteiger partial charge in [0.1, 0.15) is 5.69 Å². The average molecular weight is 822 g/mol. The number of nitrogens with one attached hydrogen (secondary N) is 2. The molecule has 1 aliphatic heterocycles. The molecule has 0 aliphatic carbocycles. The largest absolute Gasteiger partial charge is 0.378 e. The summed E-state index contributed by atoms with van der Waals surface area (Å²) in [6.07, 6.45) is 0.706. The molecular weight excluding hydrogens is 771 g/mol. The van der Waals surface area contributed by atoms with Crippen LogP contribution >= 0.6 is 11.8 Å². The van der Waals surface area contributed by atoms with Gasteiger partial charge in [0.05, 0.1) is 9.82 Å². The molecule has 0 spiro atoms. The highest BCUT2D eigenvalue weighted by atomic mass is 32.2. The summed E-state index contributed by atoms with van der Waals surface area (Å²) in [7, 11) is 3.57. The molecule has 1 fully saturated rings. The number of hydrogen-bond acceptors (Lipinski definition) is 11. The summed E-state index contributed by atoms with van der Waals surface area (Å²) in [5, 5.41) is 15.5. The molecule has 0 aromatic heterocycles. The van der Waals surface area contributed by atoms with Gasteiger partial charge in [0, 0.05) is 86.5 Å². The Hall–Kier alpha value is -5.41. The van der Waals surface area contributed by atoms with Gasteiger partial charge < -0.3 is 20.0 Å². The maximum atomic E-state index is 13.4. The molecule has 0 unspecified atom stereocenters. The lowest BCUT2D eigenvalue weighted by molar-refractivity contribution is -0.384. The summed E-state index contributed by atoms with van der Waals surface area (Å²) in [5.74, 6) is -0.180. The first-order chi connectivity index (χ1) is 27.9. The lowest BCUT2D eigenvalue weighted by atomic mass is 9.99. The molecule has 6 rings (SSSR count). The van der Waals surface area contributed by atoms with Crippen molar-refractivity contribution in [1.29, 1.82) is 0 Å². The van der Waals surface area contributed by atoms with Crippen molar-refractivity contribution in [3.63, 3.8) is 0 Å². The van der Waals surface area contributed by atoms with Gasteiger partial charge in [-0.1, -0.05) is 54.6 Å². The van der Waals surface area contributed by atoms with Crippen LogP contribution in [0.1, 0.15) is 22.3 Å². The van der Waals surface area contributed by atoms with Crippen LogP contribution in [0.25, 0.3) is 11.1 Å². The number of benzene rings is 5. The quantitative estimate of drug-likeness (QED) is 0.0557. The van der Waals surface area contributed by atoms with Gasteiger partial charge in [0.2, 0.25) is 0 Å². The minimum absolute atomic E-state index is 0.139. The summed E-state index contributed by atoms with van der Waals surface area (Å²) < 4.78 is 28.9. The maximum Gasteiger partial charge on any atom is 0.293 e. The molecule has 304 valence electrons. The Bertz CT molecular complexity index is 2260. The van der Waals surface area contributed by atoms with E-state index >= 15 is 0 Å². The first-order valence-electron chi connectivity index (χ1n) is 19.2. The molecule has 1 atom stereocenters. The summed E-state index contributed by atoms with van der Waals surface area (Å²) in [6, 6.07) is 37.4. The zero-order chi connectivity index (χ0) is 41.2. The second-order valence-corrected chi connectivity index (χ2v) is 17.6. The van der Waals surface area contributed by atoms with Crippen LogP contribution in [0.3, 0.4) is 0 Å². The van der Waals surface area contributed by atoms with E-state index in [0.717, 1.165) is 61.6 Å². The third-order valence-corrected chi connectivity index (χ3v) is 12.7. The Morgan fingerprint density at radius 3 is 2.17 bits per heavy atom. The van der Waals surface area contributed by atoms with Crippen LogP contribution in [0.5, 0.6) is 0 Å². The fraction of sp³-hybridized carbons (Fsp3) is 0.295. The topological polar surface area (TPSA) is 131 Å². The third-order valence-electron chi connectivity index (χ3n) is 10.2. The molecule has 0 bridgehead atoms. The van der Waals surface area contributed by atoms with Crippen LogP contribution in [0.2, 0.25) is 0 Å². The highest BCUT2D eigenvalue weighted by molar-refractivity contribution is 7.99. The number of nitro groups is 1. The smallest absolute Gasteiger partial charge is 0.293 e. The number of nitro benzene ring substituents is 1. The minimum Gasteiger partial charge on any atom is -0.378 e. The number of thioether (sulfide) groups is 1.